The lowest BCUT2D eigenvalue weighted by Crippen LogP contribution is -2.51. The number of benzene rings is 3. The summed E-state index contributed by atoms with van der Waals surface area (Å²) in [5.41, 5.74) is 13.6. The van der Waals surface area contributed by atoms with Gasteiger partial charge >= 0.3 is 0 Å². The minimum atomic E-state index is -4.01. The molecule has 296 valence electrons. The molecule has 1 saturated heterocycles. The van der Waals surface area contributed by atoms with Crippen molar-refractivity contribution in [2.75, 3.05) is 57.0 Å². The van der Waals surface area contributed by atoms with Gasteiger partial charge in [-0.05, 0) is 86.2 Å². The number of quaternary nitrogens is 1. The van der Waals surface area contributed by atoms with Gasteiger partial charge in [0.15, 0.2) is 5.69 Å². The Balaban J connectivity index is 1.24. The molecule has 20 heteroatoms. The summed E-state index contributed by atoms with van der Waals surface area (Å²) in [6.45, 7) is 8.54. The number of piperidine rings is 1. The molecule has 0 spiro atoms. The van der Waals surface area contributed by atoms with Crippen molar-refractivity contribution in [1.29, 1.82) is 0 Å². The number of nitro groups is 1. The predicted octanol–water partition coefficient (Wildman–Crippen LogP) is 8.24. The van der Waals surface area contributed by atoms with Gasteiger partial charge in [-0.3, -0.25) is 19.3 Å². The number of hydrogen-bond donors (Lipinski definition) is 1. The van der Waals surface area contributed by atoms with Gasteiger partial charge in [0.1, 0.15) is 23.7 Å². The highest BCUT2D eigenvalue weighted by molar-refractivity contribution is 7.85. The van der Waals surface area contributed by atoms with E-state index in [1.807, 2.05) is 37.4 Å². The third kappa shape index (κ3) is 11.8. The van der Waals surface area contributed by atoms with Crippen LogP contribution in [0.3, 0.4) is 0 Å². The molecule has 0 saturated carbocycles. The first-order valence-electron chi connectivity index (χ1n) is 18.2. The first-order valence-corrected chi connectivity index (χ1v) is 19.8. The van der Waals surface area contributed by atoms with Crippen molar-refractivity contribution in [2.24, 2.45) is 25.6 Å². The Bertz CT molecular complexity index is 2200. The normalized spacial score (nSPS) is 14.2. The summed E-state index contributed by atoms with van der Waals surface area (Å²) >= 11 is 0. The van der Waals surface area contributed by atoms with E-state index in [1.54, 1.807) is 35.9 Å². The molecule has 0 unspecified atom stereocenters. The van der Waals surface area contributed by atoms with Crippen molar-refractivity contribution in [1.82, 2.24) is 15.0 Å². The van der Waals surface area contributed by atoms with Gasteiger partial charge in [0, 0.05) is 48.8 Å². The highest BCUT2D eigenvalue weighted by Gasteiger charge is 2.31. The first-order chi connectivity index (χ1) is 26.9. The van der Waals surface area contributed by atoms with Crippen LogP contribution in [-0.4, -0.2) is 89.5 Å². The lowest BCUT2D eigenvalue weighted by molar-refractivity contribution is -0.945. The molecule has 0 atom stereocenters. The first kappa shape index (κ1) is 41.3. The van der Waals surface area contributed by atoms with Gasteiger partial charge in [-0.25, -0.2) is 0 Å². The Labute approximate surface area is 324 Å². The van der Waals surface area contributed by atoms with Crippen molar-refractivity contribution in [3.63, 3.8) is 0 Å². The zero-order valence-corrected chi connectivity index (χ0v) is 32.5. The van der Waals surface area contributed by atoms with Crippen LogP contribution in [0.25, 0.3) is 10.4 Å². The van der Waals surface area contributed by atoms with Crippen LogP contribution >= 0.6 is 0 Å². The Morgan fingerprint density at radius 3 is 2.43 bits per heavy atom. The second-order valence-corrected chi connectivity index (χ2v) is 15.3. The van der Waals surface area contributed by atoms with Crippen molar-refractivity contribution in [3.05, 3.63) is 98.2 Å². The third-order valence-corrected chi connectivity index (χ3v) is 10.4. The molecule has 1 N–H and O–H groups in total. The summed E-state index contributed by atoms with van der Waals surface area (Å²) in [6, 6.07) is 15.6. The molecular formula is C36H46N13O6S+. The Morgan fingerprint density at radius 1 is 1.00 bits per heavy atom. The zero-order valence-electron chi connectivity index (χ0n) is 31.7. The maximum atomic E-state index is 11.5. The van der Waals surface area contributed by atoms with Crippen LogP contribution in [0.15, 0.2) is 86.4 Å². The van der Waals surface area contributed by atoms with Gasteiger partial charge in [-0.1, -0.05) is 16.4 Å². The highest BCUT2D eigenvalue weighted by Crippen LogP contribution is 2.37. The highest BCUT2D eigenvalue weighted by atomic mass is 32.2. The quantitative estimate of drug-likeness (QED) is 0.0183. The molecule has 0 aliphatic carbocycles. The number of aromatic nitrogens is 3. The van der Waals surface area contributed by atoms with Crippen LogP contribution in [-0.2, 0) is 23.2 Å². The predicted molar refractivity (Wildman–Crippen MR) is 210 cm³/mol. The molecule has 1 aromatic heterocycles. The second-order valence-electron chi connectivity index (χ2n) is 13.8. The number of nitrogens with zero attached hydrogens (tertiary/aromatic N) is 13. The average Bonchev–Trinajstić information content (AvgIpc) is 3.61. The van der Waals surface area contributed by atoms with E-state index in [0.717, 1.165) is 53.8 Å². The monoisotopic (exact) mass is 788 g/mol. The number of ether oxygens (including phenoxy) is 1. The molecule has 1 aliphatic heterocycles. The van der Waals surface area contributed by atoms with Crippen LogP contribution in [0.2, 0.25) is 0 Å². The van der Waals surface area contributed by atoms with Crippen LogP contribution in [0.4, 0.5) is 34.1 Å². The topological polar surface area (TPSA) is 239 Å². The van der Waals surface area contributed by atoms with E-state index in [9.17, 15) is 23.1 Å². The van der Waals surface area contributed by atoms with Crippen molar-refractivity contribution < 1.29 is 27.1 Å². The minimum absolute atomic E-state index is 0.132. The number of anilines is 1. The molecule has 1 fully saturated rings. The smallest absolute Gasteiger partial charge is 0.296 e. The number of hydrogen-bond acceptors (Lipinski definition) is 13. The number of rotatable bonds is 19. The number of aryl methyl sites for hydroxylation is 2. The maximum absolute atomic E-state index is 11.5. The zero-order chi connectivity index (χ0) is 40.1. The van der Waals surface area contributed by atoms with Gasteiger partial charge in [-0.2, -0.15) is 13.5 Å². The molecule has 4 aromatic rings. The maximum Gasteiger partial charge on any atom is 0.296 e. The summed E-state index contributed by atoms with van der Waals surface area (Å²) in [6.07, 6.45) is 5.57. The summed E-state index contributed by atoms with van der Waals surface area (Å²) < 4.78 is 40.0. The molecule has 0 amide bonds. The summed E-state index contributed by atoms with van der Waals surface area (Å²) in [7, 11) is -2.51. The van der Waals surface area contributed by atoms with E-state index in [2.05, 4.69) is 45.7 Å². The van der Waals surface area contributed by atoms with Crippen molar-refractivity contribution in [3.8, 4) is 5.75 Å². The lowest BCUT2D eigenvalue weighted by Gasteiger charge is -2.41. The molecule has 1 aliphatic rings. The van der Waals surface area contributed by atoms with Crippen molar-refractivity contribution in [2.45, 2.75) is 52.6 Å². The Hall–Kier alpha value is -5.82. The van der Waals surface area contributed by atoms with E-state index in [-0.39, 0.29) is 23.7 Å². The summed E-state index contributed by atoms with van der Waals surface area (Å²) in [4.78, 5) is 16.0. The van der Waals surface area contributed by atoms with E-state index in [0.29, 0.717) is 67.5 Å². The van der Waals surface area contributed by atoms with E-state index >= 15 is 0 Å². The number of azo groups is 2. The fraction of sp³-hybridized carbons (Fsp3) is 0.444. The molecule has 0 radical (unpaired) electrons. The Kier molecular flexibility index (Phi) is 14.1. The molecule has 3 aromatic carbocycles. The lowest BCUT2D eigenvalue weighted by atomic mass is 10.1. The second kappa shape index (κ2) is 19.2. The summed E-state index contributed by atoms with van der Waals surface area (Å²) in [5.74, 6) is 0.147. The van der Waals surface area contributed by atoms with E-state index < -0.39 is 15.0 Å². The van der Waals surface area contributed by atoms with Gasteiger partial charge in [-0.15, -0.1) is 20.4 Å². The minimum Gasteiger partial charge on any atom is -0.494 e. The van der Waals surface area contributed by atoms with Crippen LogP contribution < -0.4 is 9.64 Å². The van der Waals surface area contributed by atoms with Gasteiger partial charge in [0.05, 0.1) is 61.5 Å². The van der Waals surface area contributed by atoms with Crippen molar-refractivity contribution >= 4 is 44.2 Å². The Morgan fingerprint density at radius 2 is 1.73 bits per heavy atom. The van der Waals surface area contributed by atoms with Gasteiger partial charge in [0.2, 0.25) is 0 Å². The number of likely N-dealkylation sites (tertiary alicyclic amines) is 1. The molecule has 2 heterocycles. The van der Waals surface area contributed by atoms with Gasteiger partial charge in [0.25, 0.3) is 15.8 Å². The van der Waals surface area contributed by atoms with Crippen LogP contribution in [0, 0.1) is 24.0 Å². The third-order valence-electron chi connectivity index (χ3n) is 9.59. The summed E-state index contributed by atoms with van der Waals surface area (Å²) in [5, 5.41) is 41.2. The standard InChI is InChI=1S/C36H45N13O6S/c1-27-8-13-32(35(22-27)48(50)51)41-42-33-24-36(55-3)34(23-28(33)2)43-39-29-9-11-31(12-10-29)46(15-14-38-44-37)16-17-47-25-30(40-45-47)26-49(18-5-4-6-19-49)20-7-21-56(52,53)54/h8-13,22-25H,4-7,14-21,26H2,1-3H3/p+1. The van der Waals surface area contributed by atoms with E-state index in [1.165, 1.54) is 13.2 Å². The number of azide groups is 1. The molecule has 56 heavy (non-hydrogen) atoms. The van der Waals surface area contributed by atoms with Gasteiger partial charge < -0.3 is 14.1 Å². The molecular weight excluding hydrogens is 743 g/mol. The number of nitro benzene ring substituents is 1. The SMILES string of the molecule is COc1cc(N=Nc2ccc(C)cc2[N+](=O)[O-])c(C)cc1N=Nc1ccc(N(CCN=[N+]=[N-])CCn2cc(C[N+]3(CCCS(=O)(=O)O)CCCCC3)nn2)cc1. The van der Waals surface area contributed by atoms with Crippen LogP contribution in [0.5, 0.6) is 5.75 Å². The molecule has 5 rings (SSSR count). The van der Waals surface area contributed by atoms with E-state index in [4.69, 9.17) is 10.3 Å². The average molecular weight is 789 g/mol. The fourth-order valence-electron chi connectivity index (χ4n) is 6.72. The number of methoxy groups -OCH3 is 1. The van der Waals surface area contributed by atoms with Crippen LogP contribution in [0.1, 0.15) is 42.5 Å². The molecule has 19 nitrogen and oxygen atoms in total. The fourth-order valence-corrected chi connectivity index (χ4v) is 7.21. The largest absolute Gasteiger partial charge is 0.494 e. The molecule has 0 bridgehead atoms.